The second-order valence-corrected chi connectivity index (χ2v) is 4.56. The quantitative estimate of drug-likeness (QED) is 0.825. The van der Waals surface area contributed by atoms with Gasteiger partial charge in [0.25, 0.3) is 0 Å². The van der Waals surface area contributed by atoms with Crippen LogP contribution in [0.2, 0.25) is 0 Å². The zero-order chi connectivity index (χ0) is 11.5. The summed E-state index contributed by atoms with van der Waals surface area (Å²) in [5, 5.41) is 0. The number of anilines is 1. The molecule has 0 bridgehead atoms. The third kappa shape index (κ3) is 2.35. The number of aromatic nitrogens is 1. The van der Waals surface area contributed by atoms with Gasteiger partial charge < -0.3 is 10.6 Å². The van der Waals surface area contributed by atoms with Gasteiger partial charge >= 0.3 is 0 Å². The third-order valence-corrected chi connectivity index (χ3v) is 3.04. The van der Waals surface area contributed by atoms with Crippen LogP contribution in [0.3, 0.4) is 0 Å². The van der Waals surface area contributed by atoms with Gasteiger partial charge in [-0.3, -0.25) is 0 Å². The number of hydrogen-bond acceptors (Lipinski definition) is 3. The van der Waals surface area contributed by atoms with Crippen molar-refractivity contribution in [2.45, 2.75) is 45.7 Å². The summed E-state index contributed by atoms with van der Waals surface area (Å²) in [4.78, 5) is 7.11. The first-order valence-electron chi connectivity index (χ1n) is 6.19. The number of pyridine rings is 1. The predicted molar refractivity (Wildman–Crippen MR) is 67.5 cm³/mol. The Kier molecular flexibility index (Phi) is 3.44. The normalized spacial score (nSPS) is 15.2. The Hall–Kier alpha value is -1.09. The molecule has 0 unspecified atom stereocenters. The number of nitrogens with zero attached hydrogens (tertiary/aromatic N) is 2. The molecule has 1 fully saturated rings. The van der Waals surface area contributed by atoms with Gasteiger partial charge in [0.15, 0.2) is 0 Å². The Morgan fingerprint density at radius 3 is 2.75 bits per heavy atom. The Morgan fingerprint density at radius 1 is 1.44 bits per heavy atom. The molecule has 2 N–H and O–H groups in total. The highest BCUT2D eigenvalue weighted by Crippen LogP contribution is 2.32. The molecule has 1 aromatic rings. The van der Waals surface area contributed by atoms with Crippen molar-refractivity contribution in [1.29, 1.82) is 0 Å². The molecule has 0 amide bonds. The Bertz CT molecular complexity index is 358. The van der Waals surface area contributed by atoms with E-state index in [0.29, 0.717) is 12.6 Å². The van der Waals surface area contributed by atoms with Crippen molar-refractivity contribution in [2.24, 2.45) is 5.73 Å². The average Bonchev–Trinajstić information content (AvgIpc) is 3.10. The average molecular weight is 219 g/mol. The highest BCUT2D eigenvalue weighted by Gasteiger charge is 2.30. The molecular weight excluding hydrogens is 198 g/mol. The van der Waals surface area contributed by atoms with Crippen LogP contribution in [0.5, 0.6) is 0 Å². The maximum absolute atomic E-state index is 5.79. The lowest BCUT2D eigenvalue weighted by atomic mass is 10.2. The minimum Gasteiger partial charge on any atom is -0.353 e. The smallest absolute Gasteiger partial charge is 0.133 e. The summed E-state index contributed by atoms with van der Waals surface area (Å²) in [6, 6.07) is 4.87. The van der Waals surface area contributed by atoms with E-state index >= 15 is 0 Å². The zero-order valence-electron chi connectivity index (χ0n) is 10.2. The summed E-state index contributed by atoms with van der Waals surface area (Å²) in [5.74, 6) is 1.12. The summed E-state index contributed by atoms with van der Waals surface area (Å²) >= 11 is 0. The Balaban J connectivity index is 2.30. The number of rotatable bonds is 5. The van der Waals surface area contributed by atoms with Crippen LogP contribution in [0.4, 0.5) is 5.82 Å². The molecule has 16 heavy (non-hydrogen) atoms. The molecule has 1 aromatic heterocycles. The summed E-state index contributed by atoms with van der Waals surface area (Å²) < 4.78 is 0. The van der Waals surface area contributed by atoms with Crippen LogP contribution in [0.15, 0.2) is 12.1 Å². The van der Waals surface area contributed by atoms with Gasteiger partial charge in [-0.15, -0.1) is 0 Å². The monoisotopic (exact) mass is 219 g/mol. The van der Waals surface area contributed by atoms with Crippen LogP contribution >= 0.6 is 0 Å². The van der Waals surface area contributed by atoms with Crippen LogP contribution in [-0.2, 0) is 6.54 Å². The zero-order valence-corrected chi connectivity index (χ0v) is 10.2. The molecule has 0 saturated heterocycles. The maximum atomic E-state index is 5.79. The number of aryl methyl sites for hydroxylation is 1. The SMILES string of the molecule is CCCN(c1nc(C)ccc1CN)C1CC1. The molecule has 0 radical (unpaired) electrons. The number of hydrogen-bond donors (Lipinski definition) is 1. The molecule has 2 rings (SSSR count). The van der Waals surface area contributed by atoms with E-state index < -0.39 is 0 Å². The predicted octanol–water partition coefficient (Wildman–Crippen LogP) is 2.23. The van der Waals surface area contributed by atoms with E-state index in [2.05, 4.69) is 22.9 Å². The van der Waals surface area contributed by atoms with E-state index in [1.54, 1.807) is 0 Å². The summed E-state index contributed by atoms with van der Waals surface area (Å²) in [6.45, 7) is 5.93. The second-order valence-electron chi connectivity index (χ2n) is 4.56. The van der Waals surface area contributed by atoms with Gasteiger partial charge in [-0.25, -0.2) is 4.98 Å². The van der Waals surface area contributed by atoms with Crippen molar-refractivity contribution in [1.82, 2.24) is 4.98 Å². The molecular formula is C13H21N3. The molecule has 1 heterocycles. The van der Waals surface area contributed by atoms with Gasteiger partial charge in [-0.1, -0.05) is 13.0 Å². The minimum absolute atomic E-state index is 0.579. The standard InChI is InChI=1S/C13H21N3/c1-3-8-16(12-6-7-12)13-11(9-14)5-4-10(2)15-13/h4-5,12H,3,6-9,14H2,1-2H3. The van der Waals surface area contributed by atoms with Crippen molar-refractivity contribution >= 4 is 5.82 Å². The van der Waals surface area contributed by atoms with Crippen LogP contribution in [0, 0.1) is 6.92 Å². The van der Waals surface area contributed by atoms with E-state index in [-0.39, 0.29) is 0 Å². The fourth-order valence-corrected chi connectivity index (χ4v) is 2.07. The van der Waals surface area contributed by atoms with E-state index in [9.17, 15) is 0 Å². The van der Waals surface area contributed by atoms with E-state index in [1.807, 2.05) is 13.0 Å². The maximum Gasteiger partial charge on any atom is 0.133 e. The lowest BCUT2D eigenvalue weighted by molar-refractivity contribution is 0.741. The van der Waals surface area contributed by atoms with Crippen molar-refractivity contribution in [3.8, 4) is 0 Å². The molecule has 1 aliphatic rings. The number of nitrogens with two attached hydrogens (primary N) is 1. The molecule has 0 aliphatic heterocycles. The van der Waals surface area contributed by atoms with Crippen molar-refractivity contribution in [2.75, 3.05) is 11.4 Å². The summed E-state index contributed by atoms with van der Waals surface area (Å²) in [5.41, 5.74) is 8.04. The van der Waals surface area contributed by atoms with Crippen molar-refractivity contribution in [3.05, 3.63) is 23.4 Å². The minimum atomic E-state index is 0.579. The fourth-order valence-electron chi connectivity index (χ4n) is 2.07. The highest BCUT2D eigenvalue weighted by molar-refractivity contribution is 5.49. The van der Waals surface area contributed by atoms with Crippen LogP contribution < -0.4 is 10.6 Å². The first-order chi connectivity index (χ1) is 7.76. The molecule has 0 spiro atoms. The Morgan fingerprint density at radius 2 is 2.19 bits per heavy atom. The van der Waals surface area contributed by atoms with E-state index in [0.717, 1.165) is 24.5 Å². The molecule has 3 heteroatoms. The van der Waals surface area contributed by atoms with Crippen LogP contribution in [0.1, 0.15) is 37.4 Å². The summed E-state index contributed by atoms with van der Waals surface area (Å²) in [7, 11) is 0. The molecule has 1 aliphatic carbocycles. The van der Waals surface area contributed by atoms with Crippen LogP contribution in [-0.4, -0.2) is 17.6 Å². The van der Waals surface area contributed by atoms with Gasteiger partial charge in [-0.2, -0.15) is 0 Å². The van der Waals surface area contributed by atoms with Gasteiger partial charge in [0, 0.05) is 30.4 Å². The highest BCUT2D eigenvalue weighted by atomic mass is 15.2. The Labute approximate surface area is 97.7 Å². The topological polar surface area (TPSA) is 42.2 Å². The molecule has 88 valence electrons. The second kappa shape index (κ2) is 4.83. The van der Waals surface area contributed by atoms with Gasteiger partial charge in [0.1, 0.15) is 5.82 Å². The van der Waals surface area contributed by atoms with Crippen LogP contribution in [0.25, 0.3) is 0 Å². The lowest BCUT2D eigenvalue weighted by Crippen LogP contribution is -2.29. The van der Waals surface area contributed by atoms with E-state index in [1.165, 1.54) is 18.4 Å². The largest absolute Gasteiger partial charge is 0.353 e. The van der Waals surface area contributed by atoms with E-state index in [4.69, 9.17) is 5.73 Å². The molecule has 0 atom stereocenters. The first kappa shape index (κ1) is 11.4. The molecule has 1 saturated carbocycles. The van der Waals surface area contributed by atoms with Gasteiger partial charge in [-0.05, 0) is 32.3 Å². The molecule has 3 nitrogen and oxygen atoms in total. The summed E-state index contributed by atoms with van der Waals surface area (Å²) in [6.07, 6.45) is 3.77. The fraction of sp³-hybridized carbons (Fsp3) is 0.615. The third-order valence-electron chi connectivity index (χ3n) is 3.04. The van der Waals surface area contributed by atoms with Crippen molar-refractivity contribution < 1.29 is 0 Å². The first-order valence-corrected chi connectivity index (χ1v) is 6.19. The molecule has 0 aromatic carbocycles. The lowest BCUT2D eigenvalue weighted by Gasteiger charge is -2.25. The van der Waals surface area contributed by atoms with Gasteiger partial charge in [0.05, 0.1) is 0 Å². The van der Waals surface area contributed by atoms with Gasteiger partial charge in [0.2, 0.25) is 0 Å². The van der Waals surface area contributed by atoms with Crippen molar-refractivity contribution in [3.63, 3.8) is 0 Å².